The molecule has 0 aliphatic carbocycles. The predicted octanol–water partition coefficient (Wildman–Crippen LogP) is 4.19. The average molecular weight is 327 g/mol. The first-order valence-corrected chi connectivity index (χ1v) is 7.91. The first-order chi connectivity index (χ1) is 10.0. The zero-order valence-corrected chi connectivity index (χ0v) is 13.8. The van der Waals surface area contributed by atoms with Crippen LogP contribution in [-0.4, -0.2) is 14.8 Å². The minimum Gasteiger partial charge on any atom is -0.322 e. The van der Waals surface area contributed by atoms with Gasteiger partial charge in [0, 0.05) is 18.8 Å². The van der Waals surface area contributed by atoms with E-state index in [-0.39, 0.29) is 6.04 Å². The lowest BCUT2D eigenvalue weighted by Gasteiger charge is -2.13. The molecule has 2 heterocycles. The summed E-state index contributed by atoms with van der Waals surface area (Å²) in [4.78, 5) is 4.22. The van der Waals surface area contributed by atoms with E-state index < -0.39 is 0 Å². The van der Waals surface area contributed by atoms with E-state index in [2.05, 4.69) is 23.9 Å². The normalized spacial score (nSPS) is 12.9. The third kappa shape index (κ3) is 3.96. The number of nitrogens with two attached hydrogens (primary N) is 1. The lowest BCUT2D eigenvalue weighted by atomic mass is 10.1. The molecule has 0 radical (unpaired) electrons. The molecule has 2 aromatic heterocycles. The third-order valence-corrected chi connectivity index (χ3v) is 4.11. The molecule has 2 N–H and O–H groups in total. The number of hydrogen-bond acceptors (Lipinski definition) is 3. The Hall–Kier alpha value is -1.10. The van der Waals surface area contributed by atoms with Crippen LogP contribution in [0.5, 0.6) is 0 Å². The van der Waals surface area contributed by atoms with Crippen molar-refractivity contribution in [3.63, 3.8) is 0 Å². The van der Waals surface area contributed by atoms with Crippen LogP contribution in [0, 0.1) is 0 Å². The van der Waals surface area contributed by atoms with Crippen LogP contribution in [0.1, 0.15) is 50.2 Å². The summed E-state index contributed by atoms with van der Waals surface area (Å²) in [6.45, 7) is 4.33. The van der Waals surface area contributed by atoms with E-state index in [9.17, 15) is 0 Å². The first-order valence-electron chi connectivity index (χ1n) is 7.15. The molecule has 1 unspecified atom stereocenters. The monoisotopic (exact) mass is 326 g/mol. The highest BCUT2D eigenvalue weighted by Crippen LogP contribution is 2.24. The van der Waals surface area contributed by atoms with E-state index in [0.717, 1.165) is 18.5 Å². The van der Waals surface area contributed by atoms with Crippen molar-refractivity contribution < 1.29 is 0 Å². The number of aromatic nitrogens is 3. The Balaban J connectivity index is 2.11. The van der Waals surface area contributed by atoms with Crippen molar-refractivity contribution in [1.82, 2.24) is 14.8 Å². The van der Waals surface area contributed by atoms with Crippen molar-refractivity contribution in [1.29, 1.82) is 0 Å². The van der Waals surface area contributed by atoms with E-state index in [1.807, 2.05) is 16.9 Å². The van der Waals surface area contributed by atoms with Crippen molar-refractivity contribution in [3.8, 4) is 0 Å². The van der Waals surface area contributed by atoms with Gasteiger partial charge in [-0.05, 0) is 25.0 Å². The van der Waals surface area contributed by atoms with E-state index in [1.54, 1.807) is 12.3 Å². The van der Waals surface area contributed by atoms with Gasteiger partial charge in [-0.2, -0.15) is 5.10 Å². The summed E-state index contributed by atoms with van der Waals surface area (Å²) in [5.41, 5.74) is 7.79. The Morgan fingerprint density at radius 2 is 2.00 bits per heavy atom. The molecule has 0 bridgehead atoms. The van der Waals surface area contributed by atoms with Crippen LogP contribution in [0.25, 0.3) is 0 Å². The molecule has 21 heavy (non-hydrogen) atoms. The molecule has 2 rings (SSSR count). The van der Waals surface area contributed by atoms with Crippen molar-refractivity contribution in [2.24, 2.45) is 5.73 Å². The lowest BCUT2D eigenvalue weighted by molar-refractivity contribution is 0.424. The molecule has 0 aliphatic heterocycles. The van der Waals surface area contributed by atoms with Gasteiger partial charge in [-0.3, -0.25) is 9.67 Å². The van der Waals surface area contributed by atoms with Gasteiger partial charge in [-0.15, -0.1) is 0 Å². The minimum absolute atomic E-state index is 0.292. The molecule has 0 spiro atoms. The number of pyridine rings is 1. The van der Waals surface area contributed by atoms with Crippen molar-refractivity contribution >= 4 is 23.2 Å². The fraction of sp³-hybridized carbons (Fsp3) is 0.467. The molecule has 0 amide bonds. The van der Waals surface area contributed by atoms with Crippen LogP contribution >= 0.6 is 23.2 Å². The summed E-state index contributed by atoms with van der Waals surface area (Å²) in [6, 6.07) is 3.81. The molecule has 0 aliphatic rings. The summed E-state index contributed by atoms with van der Waals surface area (Å²) in [5, 5.41) is 5.61. The van der Waals surface area contributed by atoms with E-state index in [0.29, 0.717) is 28.2 Å². The van der Waals surface area contributed by atoms with E-state index in [4.69, 9.17) is 28.9 Å². The third-order valence-electron chi connectivity index (χ3n) is 3.60. The maximum atomic E-state index is 6.19. The molecular weight excluding hydrogens is 307 g/mol. The van der Waals surface area contributed by atoms with Gasteiger partial charge in [0.05, 0.1) is 33.5 Å². The molecular formula is C15H20Cl2N4. The Bertz CT molecular complexity index is 593. The van der Waals surface area contributed by atoms with Crippen LogP contribution in [0.15, 0.2) is 24.5 Å². The van der Waals surface area contributed by atoms with E-state index in [1.165, 1.54) is 0 Å². The number of rotatable bonds is 6. The van der Waals surface area contributed by atoms with Gasteiger partial charge in [0.15, 0.2) is 0 Å². The topological polar surface area (TPSA) is 56.7 Å². The zero-order valence-electron chi connectivity index (χ0n) is 12.3. The molecule has 4 nitrogen and oxygen atoms in total. The zero-order chi connectivity index (χ0) is 15.4. The number of nitrogens with zero attached hydrogens (tertiary/aromatic N) is 3. The van der Waals surface area contributed by atoms with Crippen LogP contribution < -0.4 is 5.73 Å². The SMILES string of the molecule is CCC(CC)n1ccc(CC(N)c2ncc(Cl)cc2Cl)n1. The summed E-state index contributed by atoms with van der Waals surface area (Å²) in [5.74, 6) is 0. The summed E-state index contributed by atoms with van der Waals surface area (Å²) in [6.07, 6.45) is 6.30. The second kappa shape index (κ2) is 7.25. The summed E-state index contributed by atoms with van der Waals surface area (Å²) < 4.78 is 2.01. The number of hydrogen-bond donors (Lipinski definition) is 1. The summed E-state index contributed by atoms with van der Waals surface area (Å²) in [7, 11) is 0. The predicted molar refractivity (Wildman–Crippen MR) is 86.7 cm³/mol. The van der Waals surface area contributed by atoms with Gasteiger partial charge in [0.1, 0.15) is 0 Å². The fourth-order valence-corrected chi connectivity index (χ4v) is 2.89. The van der Waals surface area contributed by atoms with Gasteiger partial charge in [0.25, 0.3) is 0 Å². The van der Waals surface area contributed by atoms with Crippen molar-refractivity contribution in [2.75, 3.05) is 0 Å². The highest BCUT2D eigenvalue weighted by molar-refractivity contribution is 6.34. The maximum Gasteiger partial charge on any atom is 0.0761 e. The fourth-order valence-electron chi connectivity index (χ4n) is 2.37. The quantitative estimate of drug-likeness (QED) is 0.865. The van der Waals surface area contributed by atoms with Crippen molar-refractivity contribution in [3.05, 3.63) is 46.0 Å². The van der Waals surface area contributed by atoms with Gasteiger partial charge in [0.2, 0.25) is 0 Å². The first kappa shape index (κ1) is 16.3. The van der Waals surface area contributed by atoms with Crippen LogP contribution in [0.3, 0.4) is 0 Å². The second-order valence-corrected chi connectivity index (χ2v) is 5.93. The number of halogens is 2. The smallest absolute Gasteiger partial charge is 0.0761 e. The standard InChI is InChI=1S/C15H20Cl2N4/c1-3-12(4-2)21-6-5-11(20-21)8-14(18)15-13(17)7-10(16)9-19-15/h5-7,9,12,14H,3-4,8,18H2,1-2H3. The summed E-state index contributed by atoms with van der Waals surface area (Å²) >= 11 is 12.0. The molecule has 114 valence electrons. The van der Waals surface area contributed by atoms with Crippen molar-refractivity contribution in [2.45, 2.75) is 45.2 Å². The Morgan fingerprint density at radius 1 is 1.29 bits per heavy atom. The van der Waals surface area contributed by atoms with E-state index >= 15 is 0 Å². The molecule has 2 aromatic rings. The minimum atomic E-state index is -0.292. The second-order valence-electron chi connectivity index (χ2n) is 5.09. The van der Waals surface area contributed by atoms with Gasteiger partial charge < -0.3 is 5.73 Å². The largest absolute Gasteiger partial charge is 0.322 e. The molecule has 6 heteroatoms. The van der Waals surface area contributed by atoms with Gasteiger partial charge in [-0.1, -0.05) is 37.0 Å². The Kier molecular flexibility index (Phi) is 5.62. The Morgan fingerprint density at radius 3 is 2.62 bits per heavy atom. The molecule has 0 saturated heterocycles. The lowest BCUT2D eigenvalue weighted by Crippen LogP contribution is -2.16. The van der Waals surface area contributed by atoms with Crippen LogP contribution in [0.4, 0.5) is 0 Å². The average Bonchev–Trinajstić information content (AvgIpc) is 2.88. The Labute approximate surface area is 135 Å². The highest BCUT2D eigenvalue weighted by atomic mass is 35.5. The van der Waals surface area contributed by atoms with Gasteiger partial charge in [-0.25, -0.2) is 0 Å². The molecule has 1 atom stereocenters. The van der Waals surface area contributed by atoms with Crippen LogP contribution in [0.2, 0.25) is 10.0 Å². The molecule has 0 aromatic carbocycles. The molecule has 0 fully saturated rings. The molecule has 0 saturated carbocycles. The van der Waals surface area contributed by atoms with Crippen LogP contribution in [-0.2, 0) is 6.42 Å². The van der Waals surface area contributed by atoms with Gasteiger partial charge >= 0.3 is 0 Å². The highest BCUT2D eigenvalue weighted by Gasteiger charge is 2.15. The maximum absolute atomic E-state index is 6.19.